The largest absolute Gasteiger partial charge is 0.380 e. The van der Waals surface area contributed by atoms with E-state index in [0.717, 1.165) is 23.1 Å². The molecule has 22 heavy (non-hydrogen) atoms. The molecule has 1 atom stereocenters. The van der Waals surface area contributed by atoms with Gasteiger partial charge in [0.2, 0.25) is 0 Å². The van der Waals surface area contributed by atoms with E-state index in [1.54, 1.807) is 12.1 Å². The molecule has 0 aromatic heterocycles. The number of hydrogen-bond acceptors (Lipinski definition) is 2. The van der Waals surface area contributed by atoms with Crippen molar-refractivity contribution in [3.05, 3.63) is 63.6 Å². The van der Waals surface area contributed by atoms with Gasteiger partial charge >= 0.3 is 0 Å². The molecule has 3 rings (SSSR count). The standard InChI is InChI=1S/C17H16BrClN2O/c18-12-6-7-15(16(19)10-12)17(22)21-9-8-14(11-21)20-13-4-2-1-3-5-13/h1-7,10,14,20H,8-9,11H2. The zero-order chi connectivity index (χ0) is 15.5. The third-order valence-electron chi connectivity index (χ3n) is 3.78. The minimum absolute atomic E-state index is 0.00476. The van der Waals surface area contributed by atoms with E-state index < -0.39 is 0 Å². The van der Waals surface area contributed by atoms with E-state index in [1.807, 2.05) is 41.3 Å². The summed E-state index contributed by atoms with van der Waals surface area (Å²) < 4.78 is 0.874. The Balaban J connectivity index is 1.66. The van der Waals surface area contributed by atoms with Gasteiger partial charge in [-0.25, -0.2) is 0 Å². The molecule has 0 aliphatic carbocycles. The summed E-state index contributed by atoms with van der Waals surface area (Å²) in [6, 6.07) is 15.7. The third kappa shape index (κ3) is 3.45. The van der Waals surface area contributed by atoms with Gasteiger partial charge in [0.15, 0.2) is 0 Å². The number of halogens is 2. The van der Waals surface area contributed by atoms with Crippen LogP contribution < -0.4 is 5.32 Å². The monoisotopic (exact) mass is 378 g/mol. The van der Waals surface area contributed by atoms with Crippen LogP contribution in [0.4, 0.5) is 5.69 Å². The van der Waals surface area contributed by atoms with Crippen LogP contribution in [0.1, 0.15) is 16.8 Å². The number of amides is 1. The Bertz CT molecular complexity index is 678. The Morgan fingerprint density at radius 3 is 2.73 bits per heavy atom. The summed E-state index contributed by atoms with van der Waals surface area (Å²) in [5.74, 6) is -0.00476. The zero-order valence-corrected chi connectivity index (χ0v) is 14.3. The minimum atomic E-state index is -0.00476. The molecular formula is C17H16BrClN2O. The Hall–Kier alpha value is -1.52. The van der Waals surface area contributed by atoms with Crippen LogP contribution in [-0.2, 0) is 0 Å². The maximum atomic E-state index is 12.6. The quantitative estimate of drug-likeness (QED) is 0.855. The first kappa shape index (κ1) is 15.4. The average Bonchev–Trinajstić information content (AvgIpc) is 2.96. The number of nitrogens with zero attached hydrogens (tertiary/aromatic N) is 1. The maximum Gasteiger partial charge on any atom is 0.255 e. The van der Waals surface area contributed by atoms with Crippen LogP contribution >= 0.6 is 27.5 Å². The third-order valence-corrected chi connectivity index (χ3v) is 4.59. The van der Waals surface area contributed by atoms with Gasteiger partial charge in [-0.2, -0.15) is 0 Å². The lowest BCUT2D eigenvalue weighted by Gasteiger charge is -2.18. The van der Waals surface area contributed by atoms with Crippen LogP contribution in [0.3, 0.4) is 0 Å². The molecule has 2 aromatic carbocycles. The molecule has 1 saturated heterocycles. The number of carbonyl (C=O) groups excluding carboxylic acids is 1. The van der Waals surface area contributed by atoms with Crippen LogP contribution in [0.15, 0.2) is 53.0 Å². The SMILES string of the molecule is O=C(c1ccc(Br)cc1Cl)N1CCC(Nc2ccccc2)C1. The Morgan fingerprint density at radius 1 is 1.23 bits per heavy atom. The van der Waals surface area contributed by atoms with E-state index in [2.05, 4.69) is 21.2 Å². The smallest absolute Gasteiger partial charge is 0.255 e. The van der Waals surface area contributed by atoms with Crippen molar-refractivity contribution in [1.82, 2.24) is 4.90 Å². The predicted octanol–water partition coefficient (Wildman–Crippen LogP) is 4.43. The fourth-order valence-corrected chi connectivity index (χ4v) is 3.42. The van der Waals surface area contributed by atoms with Crippen molar-refractivity contribution >= 4 is 39.1 Å². The first-order valence-electron chi connectivity index (χ1n) is 7.19. The molecule has 3 nitrogen and oxygen atoms in total. The van der Waals surface area contributed by atoms with Crippen molar-refractivity contribution in [3.8, 4) is 0 Å². The summed E-state index contributed by atoms with van der Waals surface area (Å²) in [5.41, 5.74) is 1.65. The summed E-state index contributed by atoms with van der Waals surface area (Å²) >= 11 is 9.53. The van der Waals surface area contributed by atoms with Gasteiger partial charge in [0.05, 0.1) is 10.6 Å². The number of benzene rings is 2. The van der Waals surface area contributed by atoms with Crippen LogP contribution in [0.5, 0.6) is 0 Å². The van der Waals surface area contributed by atoms with Gasteiger partial charge < -0.3 is 10.2 Å². The highest BCUT2D eigenvalue weighted by Crippen LogP contribution is 2.24. The van der Waals surface area contributed by atoms with E-state index in [1.165, 1.54) is 0 Å². The summed E-state index contributed by atoms with van der Waals surface area (Å²) in [5, 5.41) is 3.95. The van der Waals surface area contributed by atoms with Crippen molar-refractivity contribution in [2.75, 3.05) is 18.4 Å². The number of likely N-dealkylation sites (tertiary alicyclic amines) is 1. The topological polar surface area (TPSA) is 32.3 Å². The lowest BCUT2D eigenvalue weighted by atomic mass is 10.2. The molecule has 1 heterocycles. The molecule has 1 N–H and O–H groups in total. The van der Waals surface area contributed by atoms with E-state index >= 15 is 0 Å². The second-order valence-corrected chi connectivity index (χ2v) is 6.69. The Kier molecular flexibility index (Phi) is 4.69. The average molecular weight is 380 g/mol. The molecule has 1 fully saturated rings. The van der Waals surface area contributed by atoms with Crippen LogP contribution in [0.25, 0.3) is 0 Å². The zero-order valence-electron chi connectivity index (χ0n) is 11.9. The van der Waals surface area contributed by atoms with Crippen LogP contribution in [-0.4, -0.2) is 29.9 Å². The van der Waals surface area contributed by atoms with Crippen LogP contribution in [0, 0.1) is 0 Å². The predicted molar refractivity (Wildman–Crippen MR) is 93.5 cm³/mol. The van der Waals surface area contributed by atoms with Crippen molar-refractivity contribution in [1.29, 1.82) is 0 Å². The fraction of sp³-hybridized carbons (Fsp3) is 0.235. The molecule has 114 valence electrons. The maximum absolute atomic E-state index is 12.6. The summed E-state index contributed by atoms with van der Waals surface area (Å²) in [7, 11) is 0. The lowest BCUT2D eigenvalue weighted by Crippen LogP contribution is -2.31. The first-order chi connectivity index (χ1) is 10.6. The van der Waals surface area contributed by atoms with Crippen molar-refractivity contribution in [2.45, 2.75) is 12.5 Å². The number of anilines is 1. The van der Waals surface area contributed by atoms with E-state index in [-0.39, 0.29) is 11.9 Å². The number of nitrogens with one attached hydrogen (secondary N) is 1. The van der Waals surface area contributed by atoms with Gasteiger partial charge in [-0.3, -0.25) is 4.79 Å². The molecular weight excluding hydrogens is 364 g/mol. The van der Waals surface area contributed by atoms with Crippen molar-refractivity contribution in [3.63, 3.8) is 0 Å². The van der Waals surface area contributed by atoms with Crippen LogP contribution in [0.2, 0.25) is 5.02 Å². The van der Waals surface area contributed by atoms with E-state index in [4.69, 9.17) is 11.6 Å². The first-order valence-corrected chi connectivity index (χ1v) is 8.36. The Morgan fingerprint density at radius 2 is 2.00 bits per heavy atom. The number of para-hydroxylation sites is 1. The molecule has 1 unspecified atom stereocenters. The molecule has 5 heteroatoms. The fourth-order valence-electron chi connectivity index (χ4n) is 2.67. The molecule has 0 bridgehead atoms. The number of rotatable bonds is 3. The molecule has 0 saturated carbocycles. The Labute approximate surface area is 143 Å². The van der Waals surface area contributed by atoms with Gasteiger partial charge in [0.25, 0.3) is 5.91 Å². The van der Waals surface area contributed by atoms with Crippen molar-refractivity contribution in [2.24, 2.45) is 0 Å². The molecule has 0 spiro atoms. The van der Waals surface area contributed by atoms with Crippen molar-refractivity contribution < 1.29 is 4.79 Å². The number of hydrogen-bond donors (Lipinski definition) is 1. The van der Waals surface area contributed by atoms with Gasteiger partial charge in [-0.15, -0.1) is 0 Å². The molecule has 2 aromatic rings. The molecule has 1 aliphatic rings. The lowest BCUT2D eigenvalue weighted by molar-refractivity contribution is 0.0792. The second-order valence-electron chi connectivity index (χ2n) is 5.37. The van der Waals surface area contributed by atoms with Gasteiger partial charge in [0, 0.05) is 29.3 Å². The minimum Gasteiger partial charge on any atom is -0.380 e. The van der Waals surface area contributed by atoms with Gasteiger partial charge in [-0.05, 0) is 36.8 Å². The summed E-state index contributed by atoms with van der Waals surface area (Å²) in [6.07, 6.45) is 0.939. The normalized spacial score (nSPS) is 17.5. The summed E-state index contributed by atoms with van der Waals surface area (Å²) in [4.78, 5) is 14.4. The highest BCUT2D eigenvalue weighted by molar-refractivity contribution is 9.10. The van der Waals surface area contributed by atoms with E-state index in [9.17, 15) is 4.79 Å². The molecule has 1 aliphatic heterocycles. The van der Waals surface area contributed by atoms with E-state index in [0.29, 0.717) is 17.1 Å². The highest BCUT2D eigenvalue weighted by Gasteiger charge is 2.27. The summed E-state index contributed by atoms with van der Waals surface area (Å²) in [6.45, 7) is 1.44. The van der Waals surface area contributed by atoms with Gasteiger partial charge in [-0.1, -0.05) is 45.7 Å². The molecule has 1 amide bonds. The highest BCUT2D eigenvalue weighted by atomic mass is 79.9. The number of carbonyl (C=O) groups is 1. The second kappa shape index (κ2) is 6.71. The van der Waals surface area contributed by atoms with Gasteiger partial charge in [0.1, 0.15) is 0 Å². The molecule has 0 radical (unpaired) electrons.